The van der Waals surface area contributed by atoms with Gasteiger partial charge in [0.15, 0.2) is 11.5 Å². The standard InChI is InChI=1S/C17H16ClNO2/c1-19-13(10-12-6-5-7-14(18)17(12)19)11-21-16-9-4-3-8-15(16)20-2/h3-10H,11H2,1-2H3. The first-order chi connectivity index (χ1) is 10.2. The lowest BCUT2D eigenvalue weighted by Crippen LogP contribution is -2.02. The zero-order valence-corrected chi connectivity index (χ0v) is 12.7. The molecule has 108 valence electrons. The third kappa shape index (κ3) is 2.57. The number of benzene rings is 2. The molecule has 0 atom stereocenters. The Morgan fingerprint density at radius 3 is 2.52 bits per heavy atom. The van der Waals surface area contributed by atoms with Gasteiger partial charge in [0.2, 0.25) is 0 Å². The van der Waals surface area contributed by atoms with E-state index in [9.17, 15) is 0 Å². The second-order valence-electron chi connectivity index (χ2n) is 4.81. The highest BCUT2D eigenvalue weighted by Gasteiger charge is 2.10. The molecule has 1 heterocycles. The molecule has 3 nitrogen and oxygen atoms in total. The van der Waals surface area contributed by atoms with Crippen LogP contribution in [0.15, 0.2) is 48.5 Å². The average Bonchev–Trinajstić information content (AvgIpc) is 2.83. The Labute approximate surface area is 128 Å². The van der Waals surface area contributed by atoms with Crippen LogP contribution >= 0.6 is 11.6 Å². The van der Waals surface area contributed by atoms with Gasteiger partial charge in [-0.05, 0) is 24.3 Å². The van der Waals surface area contributed by atoms with E-state index in [1.165, 1.54) is 0 Å². The van der Waals surface area contributed by atoms with Gasteiger partial charge in [0.05, 0.1) is 23.3 Å². The van der Waals surface area contributed by atoms with Crippen LogP contribution < -0.4 is 9.47 Å². The number of fused-ring (bicyclic) bond motifs is 1. The number of nitrogens with zero attached hydrogens (tertiary/aromatic N) is 1. The second-order valence-corrected chi connectivity index (χ2v) is 5.22. The fraction of sp³-hybridized carbons (Fsp3) is 0.176. The van der Waals surface area contributed by atoms with Crippen molar-refractivity contribution in [2.24, 2.45) is 7.05 Å². The van der Waals surface area contributed by atoms with Gasteiger partial charge in [0.25, 0.3) is 0 Å². The van der Waals surface area contributed by atoms with Crippen LogP contribution in [-0.2, 0) is 13.7 Å². The quantitative estimate of drug-likeness (QED) is 0.712. The first-order valence-corrected chi connectivity index (χ1v) is 7.07. The number of aryl methyl sites for hydroxylation is 1. The molecule has 2 aromatic carbocycles. The van der Waals surface area contributed by atoms with E-state index in [1.807, 2.05) is 49.5 Å². The van der Waals surface area contributed by atoms with Gasteiger partial charge in [-0.3, -0.25) is 0 Å². The number of halogens is 1. The summed E-state index contributed by atoms with van der Waals surface area (Å²) in [6.07, 6.45) is 0. The van der Waals surface area contributed by atoms with E-state index in [-0.39, 0.29) is 0 Å². The summed E-state index contributed by atoms with van der Waals surface area (Å²) in [6.45, 7) is 0.460. The molecule has 3 rings (SSSR count). The van der Waals surface area contributed by atoms with Gasteiger partial charge >= 0.3 is 0 Å². The zero-order valence-electron chi connectivity index (χ0n) is 12.0. The minimum absolute atomic E-state index is 0.460. The summed E-state index contributed by atoms with van der Waals surface area (Å²) in [4.78, 5) is 0. The number of para-hydroxylation sites is 3. The van der Waals surface area contributed by atoms with Crippen LogP contribution in [0, 0.1) is 0 Å². The molecule has 0 amide bonds. The van der Waals surface area contributed by atoms with E-state index in [4.69, 9.17) is 21.1 Å². The van der Waals surface area contributed by atoms with Gasteiger partial charge in [-0.2, -0.15) is 0 Å². The van der Waals surface area contributed by atoms with Gasteiger partial charge in [0.1, 0.15) is 6.61 Å². The van der Waals surface area contributed by atoms with Crippen molar-refractivity contribution in [3.63, 3.8) is 0 Å². The SMILES string of the molecule is COc1ccccc1OCc1cc2cccc(Cl)c2n1C. The van der Waals surface area contributed by atoms with Gasteiger partial charge in [-0.25, -0.2) is 0 Å². The lowest BCUT2D eigenvalue weighted by molar-refractivity contribution is 0.278. The van der Waals surface area contributed by atoms with E-state index >= 15 is 0 Å². The number of ether oxygens (including phenoxy) is 2. The molecule has 1 aromatic heterocycles. The van der Waals surface area contributed by atoms with Crippen LogP contribution in [0.3, 0.4) is 0 Å². The smallest absolute Gasteiger partial charge is 0.161 e. The Morgan fingerprint density at radius 2 is 1.81 bits per heavy atom. The largest absolute Gasteiger partial charge is 0.493 e. The van der Waals surface area contributed by atoms with Crippen molar-refractivity contribution in [2.45, 2.75) is 6.61 Å². The summed E-state index contributed by atoms with van der Waals surface area (Å²) in [6, 6.07) is 15.6. The molecule has 3 aromatic rings. The number of hydrogen-bond donors (Lipinski definition) is 0. The molecule has 21 heavy (non-hydrogen) atoms. The predicted octanol–water partition coefficient (Wildman–Crippen LogP) is 4.42. The molecule has 0 N–H and O–H groups in total. The van der Waals surface area contributed by atoms with Crippen molar-refractivity contribution >= 4 is 22.5 Å². The third-order valence-electron chi connectivity index (χ3n) is 3.55. The highest BCUT2D eigenvalue weighted by Crippen LogP contribution is 2.29. The van der Waals surface area contributed by atoms with Crippen LogP contribution in [-0.4, -0.2) is 11.7 Å². The van der Waals surface area contributed by atoms with Gasteiger partial charge in [0, 0.05) is 12.4 Å². The maximum atomic E-state index is 6.26. The van der Waals surface area contributed by atoms with Gasteiger partial charge in [-0.15, -0.1) is 0 Å². The van der Waals surface area contributed by atoms with E-state index in [0.717, 1.165) is 33.1 Å². The Bertz CT molecular complexity index is 780. The van der Waals surface area contributed by atoms with Gasteiger partial charge < -0.3 is 14.0 Å². The minimum Gasteiger partial charge on any atom is -0.493 e. The van der Waals surface area contributed by atoms with Crippen LogP contribution in [0.1, 0.15) is 5.69 Å². The molecule has 0 radical (unpaired) electrons. The molecule has 0 aliphatic carbocycles. The first-order valence-electron chi connectivity index (χ1n) is 6.69. The molecular weight excluding hydrogens is 286 g/mol. The van der Waals surface area contributed by atoms with E-state index in [0.29, 0.717) is 6.61 Å². The molecule has 0 bridgehead atoms. The van der Waals surface area contributed by atoms with Crippen LogP contribution in [0.4, 0.5) is 0 Å². The molecule has 0 spiro atoms. The molecule has 0 aliphatic heterocycles. The van der Waals surface area contributed by atoms with E-state index in [2.05, 4.69) is 10.6 Å². The number of aromatic nitrogens is 1. The Hall–Kier alpha value is -2.13. The molecule has 0 unspecified atom stereocenters. The molecule has 0 saturated heterocycles. The highest BCUT2D eigenvalue weighted by molar-refractivity contribution is 6.35. The topological polar surface area (TPSA) is 23.4 Å². The molecular formula is C17H16ClNO2. The maximum Gasteiger partial charge on any atom is 0.161 e. The Balaban J connectivity index is 1.89. The zero-order chi connectivity index (χ0) is 14.8. The molecule has 0 saturated carbocycles. The van der Waals surface area contributed by atoms with Crippen molar-refractivity contribution in [3.05, 3.63) is 59.2 Å². The van der Waals surface area contributed by atoms with Crippen molar-refractivity contribution in [2.75, 3.05) is 7.11 Å². The fourth-order valence-electron chi connectivity index (χ4n) is 2.45. The summed E-state index contributed by atoms with van der Waals surface area (Å²) < 4.78 is 13.2. The van der Waals surface area contributed by atoms with E-state index in [1.54, 1.807) is 7.11 Å². The fourth-order valence-corrected chi connectivity index (χ4v) is 2.76. The lowest BCUT2D eigenvalue weighted by atomic mass is 10.2. The van der Waals surface area contributed by atoms with Crippen molar-refractivity contribution in [3.8, 4) is 11.5 Å². The third-order valence-corrected chi connectivity index (χ3v) is 3.86. The van der Waals surface area contributed by atoms with Gasteiger partial charge in [-0.1, -0.05) is 35.9 Å². The maximum absolute atomic E-state index is 6.26. The minimum atomic E-state index is 0.460. The van der Waals surface area contributed by atoms with Crippen molar-refractivity contribution in [1.82, 2.24) is 4.57 Å². The van der Waals surface area contributed by atoms with Crippen LogP contribution in [0.5, 0.6) is 11.5 Å². The normalized spacial score (nSPS) is 10.8. The molecule has 0 fully saturated rings. The lowest BCUT2D eigenvalue weighted by Gasteiger charge is -2.11. The summed E-state index contributed by atoms with van der Waals surface area (Å²) in [5.41, 5.74) is 2.08. The highest BCUT2D eigenvalue weighted by atomic mass is 35.5. The summed E-state index contributed by atoms with van der Waals surface area (Å²) in [7, 11) is 3.63. The van der Waals surface area contributed by atoms with Crippen LogP contribution in [0.2, 0.25) is 5.02 Å². The summed E-state index contributed by atoms with van der Waals surface area (Å²) in [5, 5.41) is 1.86. The Kier molecular flexibility index (Phi) is 3.76. The number of hydrogen-bond acceptors (Lipinski definition) is 2. The molecule has 0 aliphatic rings. The van der Waals surface area contributed by atoms with Crippen molar-refractivity contribution in [1.29, 1.82) is 0 Å². The summed E-state index contributed by atoms with van der Waals surface area (Å²) in [5.74, 6) is 1.46. The van der Waals surface area contributed by atoms with E-state index < -0.39 is 0 Å². The Morgan fingerprint density at radius 1 is 1.05 bits per heavy atom. The second kappa shape index (κ2) is 5.70. The monoisotopic (exact) mass is 301 g/mol. The average molecular weight is 302 g/mol. The predicted molar refractivity (Wildman–Crippen MR) is 85.3 cm³/mol. The number of methoxy groups -OCH3 is 1. The first kappa shape index (κ1) is 13.8. The van der Waals surface area contributed by atoms with Crippen LogP contribution in [0.25, 0.3) is 10.9 Å². The molecule has 4 heteroatoms. The number of rotatable bonds is 4. The van der Waals surface area contributed by atoms with Crippen molar-refractivity contribution < 1.29 is 9.47 Å². The summed E-state index contributed by atoms with van der Waals surface area (Å²) >= 11 is 6.26.